The van der Waals surface area contributed by atoms with Crippen molar-refractivity contribution in [2.75, 3.05) is 0 Å². The first-order chi connectivity index (χ1) is 5.38. The van der Waals surface area contributed by atoms with Gasteiger partial charge in [-0.05, 0) is 11.4 Å². The highest BCUT2D eigenvalue weighted by atomic mass is 32.1. The van der Waals surface area contributed by atoms with Crippen LogP contribution in [0.3, 0.4) is 0 Å². The number of hydrazone groups is 1. The molecule has 1 atom stereocenters. The number of nitrogens with two attached hydrogens (primary N) is 1. The fourth-order valence-electron chi connectivity index (χ4n) is 1.16. The van der Waals surface area contributed by atoms with E-state index >= 15 is 0 Å². The Balaban J connectivity index is 2.19. The van der Waals surface area contributed by atoms with Gasteiger partial charge in [-0.15, -0.1) is 11.3 Å². The third kappa shape index (κ3) is 1.15. The summed E-state index contributed by atoms with van der Waals surface area (Å²) in [5.41, 5.74) is 0. The molecule has 0 radical (unpaired) electrons. The molecule has 1 aromatic rings. The Morgan fingerprint density at radius 1 is 1.73 bits per heavy atom. The first-order valence-corrected chi connectivity index (χ1v) is 4.35. The van der Waals surface area contributed by atoms with Gasteiger partial charge in [0.25, 0.3) is 0 Å². The van der Waals surface area contributed by atoms with Gasteiger partial charge in [-0.3, -0.25) is 0 Å². The predicted molar refractivity (Wildman–Crippen MR) is 46.2 cm³/mol. The summed E-state index contributed by atoms with van der Waals surface area (Å²) in [5, 5.41) is 7.54. The molecule has 0 amide bonds. The fourth-order valence-corrected chi connectivity index (χ4v) is 1.99. The summed E-state index contributed by atoms with van der Waals surface area (Å²) in [6, 6.07) is 4.39. The van der Waals surface area contributed by atoms with Crippen molar-refractivity contribution in [3.63, 3.8) is 0 Å². The van der Waals surface area contributed by atoms with Crippen LogP contribution in [0.25, 0.3) is 0 Å². The van der Waals surface area contributed by atoms with Crippen LogP contribution in [0.15, 0.2) is 22.6 Å². The largest absolute Gasteiger partial charge is 0.231 e. The van der Waals surface area contributed by atoms with Crippen molar-refractivity contribution in [2.24, 2.45) is 10.9 Å². The lowest BCUT2D eigenvalue weighted by Gasteiger charge is -2.15. The van der Waals surface area contributed by atoms with E-state index in [1.807, 2.05) is 12.3 Å². The second kappa shape index (κ2) is 2.64. The Kier molecular flexibility index (Phi) is 1.63. The van der Waals surface area contributed by atoms with E-state index in [9.17, 15) is 0 Å². The fraction of sp³-hybridized carbons (Fsp3) is 0.286. The van der Waals surface area contributed by atoms with Crippen molar-refractivity contribution < 1.29 is 0 Å². The number of hydrazine groups is 1. The minimum absolute atomic E-state index is 0.273. The standard InChI is InChI=1S/C7H9N3S/c8-10-6(3-4-9-10)7-2-1-5-11-7/h1-2,4-6H,3,8H2. The third-order valence-electron chi connectivity index (χ3n) is 1.73. The quantitative estimate of drug-likeness (QED) is 0.641. The van der Waals surface area contributed by atoms with Gasteiger partial charge in [0.1, 0.15) is 6.04 Å². The van der Waals surface area contributed by atoms with Gasteiger partial charge in [-0.2, -0.15) is 5.10 Å². The summed E-state index contributed by atoms with van der Waals surface area (Å²) in [4.78, 5) is 1.28. The van der Waals surface area contributed by atoms with Gasteiger partial charge >= 0.3 is 0 Å². The van der Waals surface area contributed by atoms with Crippen LogP contribution in [-0.4, -0.2) is 11.3 Å². The average Bonchev–Trinajstić information content (AvgIpc) is 2.55. The first kappa shape index (κ1) is 6.82. The van der Waals surface area contributed by atoms with E-state index in [0.717, 1.165) is 6.42 Å². The molecular weight excluding hydrogens is 158 g/mol. The molecule has 2 rings (SSSR count). The molecule has 0 bridgehead atoms. The lowest BCUT2D eigenvalue weighted by molar-refractivity contribution is 0.244. The zero-order valence-corrected chi connectivity index (χ0v) is 6.79. The highest BCUT2D eigenvalue weighted by molar-refractivity contribution is 7.10. The van der Waals surface area contributed by atoms with Crippen molar-refractivity contribution in [2.45, 2.75) is 12.5 Å². The summed E-state index contributed by atoms with van der Waals surface area (Å²) in [6.07, 6.45) is 2.78. The van der Waals surface area contributed by atoms with Gasteiger partial charge in [-0.25, -0.2) is 11.0 Å². The maximum atomic E-state index is 5.61. The SMILES string of the molecule is NN1N=CCC1c1cccs1. The van der Waals surface area contributed by atoms with E-state index in [1.165, 1.54) is 10.00 Å². The normalized spacial score (nSPS) is 23.0. The third-order valence-corrected chi connectivity index (χ3v) is 2.71. The van der Waals surface area contributed by atoms with E-state index in [-0.39, 0.29) is 6.04 Å². The summed E-state index contributed by atoms with van der Waals surface area (Å²) >= 11 is 1.72. The zero-order chi connectivity index (χ0) is 7.68. The molecule has 0 aromatic carbocycles. The smallest absolute Gasteiger partial charge is 0.103 e. The van der Waals surface area contributed by atoms with Crippen LogP contribution in [0.5, 0.6) is 0 Å². The molecular formula is C7H9N3S. The molecule has 1 aliphatic rings. The van der Waals surface area contributed by atoms with Gasteiger partial charge in [0.05, 0.1) is 0 Å². The van der Waals surface area contributed by atoms with Crippen LogP contribution < -0.4 is 5.84 Å². The van der Waals surface area contributed by atoms with Gasteiger partial charge in [0.15, 0.2) is 0 Å². The molecule has 0 spiro atoms. The number of nitrogens with zero attached hydrogens (tertiary/aromatic N) is 2. The zero-order valence-electron chi connectivity index (χ0n) is 5.97. The molecule has 3 nitrogen and oxygen atoms in total. The van der Waals surface area contributed by atoms with Crippen LogP contribution in [0.2, 0.25) is 0 Å². The van der Waals surface area contributed by atoms with Crippen LogP contribution in [0.1, 0.15) is 17.3 Å². The van der Waals surface area contributed by atoms with E-state index in [1.54, 1.807) is 11.3 Å². The van der Waals surface area contributed by atoms with E-state index in [0.29, 0.717) is 0 Å². The van der Waals surface area contributed by atoms with E-state index in [4.69, 9.17) is 5.84 Å². The lowest BCUT2D eigenvalue weighted by Crippen LogP contribution is -2.25. The average molecular weight is 167 g/mol. The minimum Gasteiger partial charge on any atom is -0.231 e. The number of rotatable bonds is 1. The summed E-state index contributed by atoms with van der Waals surface area (Å²) in [7, 11) is 0. The van der Waals surface area contributed by atoms with Gasteiger partial charge < -0.3 is 0 Å². The molecule has 0 fully saturated rings. The Morgan fingerprint density at radius 2 is 2.64 bits per heavy atom. The van der Waals surface area contributed by atoms with Crippen molar-refractivity contribution in [1.82, 2.24) is 5.12 Å². The molecule has 0 aliphatic carbocycles. The molecule has 2 N–H and O–H groups in total. The van der Waals surface area contributed by atoms with Crippen LogP contribution >= 0.6 is 11.3 Å². The van der Waals surface area contributed by atoms with Gasteiger partial charge in [-0.1, -0.05) is 6.07 Å². The van der Waals surface area contributed by atoms with Crippen molar-refractivity contribution in [3.05, 3.63) is 22.4 Å². The second-order valence-corrected chi connectivity index (χ2v) is 3.42. The predicted octanol–water partition coefficient (Wildman–Crippen LogP) is 1.35. The highest BCUT2D eigenvalue weighted by Crippen LogP contribution is 2.28. The van der Waals surface area contributed by atoms with Crippen LogP contribution in [0, 0.1) is 0 Å². The summed E-state index contributed by atoms with van der Waals surface area (Å²) < 4.78 is 0. The van der Waals surface area contributed by atoms with Crippen LogP contribution in [0.4, 0.5) is 0 Å². The molecule has 2 heterocycles. The van der Waals surface area contributed by atoms with Crippen molar-refractivity contribution >= 4 is 17.6 Å². The Labute approximate surface area is 69.1 Å². The molecule has 4 heteroatoms. The highest BCUT2D eigenvalue weighted by Gasteiger charge is 2.20. The molecule has 0 saturated heterocycles. The number of thiophene rings is 1. The number of hydrogen-bond donors (Lipinski definition) is 1. The Hall–Kier alpha value is -0.870. The monoisotopic (exact) mass is 167 g/mol. The van der Waals surface area contributed by atoms with E-state index in [2.05, 4.69) is 16.5 Å². The maximum absolute atomic E-state index is 5.61. The van der Waals surface area contributed by atoms with Crippen molar-refractivity contribution in [1.29, 1.82) is 0 Å². The Bertz CT molecular complexity index is 255. The molecule has 1 aliphatic heterocycles. The van der Waals surface area contributed by atoms with Gasteiger partial charge in [0, 0.05) is 17.5 Å². The summed E-state index contributed by atoms with van der Waals surface area (Å²) in [6.45, 7) is 0. The molecule has 58 valence electrons. The van der Waals surface area contributed by atoms with E-state index < -0.39 is 0 Å². The van der Waals surface area contributed by atoms with Gasteiger partial charge in [0.2, 0.25) is 0 Å². The second-order valence-electron chi connectivity index (χ2n) is 2.44. The topological polar surface area (TPSA) is 41.6 Å². The lowest BCUT2D eigenvalue weighted by atomic mass is 10.2. The molecule has 0 saturated carbocycles. The van der Waals surface area contributed by atoms with Crippen LogP contribution in [-0.2, 0) is 0 Å². The molecule has 1 aromatic heterocycles. The number of hydrogen-bond acceptors (Lipinski definition) is 4. The maximum Gasteiger partial charge on any atom is 0.103 e. The molecule has 11 heavy (non-hydrogen) atoms. The Morgan fingerprint density at radius 3 is 3.18 bits per heavy atom. The summed E-state index contributed by atoms with van der Waals surface area (Å²) in [5.74, 6) is 5.61. The molecule has 1 unspecified atom stereocenters. The minimum atomic E-state index is 0.273. The first-order valence-electron chi connectivity index (χ1n) is 3.47. The van der Waals surface area contributed by atoms with Crippen molar-refractivity contribution in [3.8, 4) is 0 Å².